The Kier molecular flexibility index (Phi) is 6.22. The van der Waals surface area contributed by atoms with E-state index in [1.54, 1.807) is 12.4 Å². The van der Waals surface area contributed by atoms with Gasteiger partial charge in [0.1, 0.15) is 17.6 Å². The van der Waals surface area contributed by atoms with Crippen molar-refractivity contribution in [1.82, 2.24) is 25.1 Å². The molecule has 1 N–H and O–H groups in total. The molecule has 9 heteroatoms. The lowest BCUT2D eigenvalue weighted by molar-refractivity contribution is -0.118. The van der Waals surface area contributed by atoms with Gasteiger partial charge in [-0.05, 0) is 51.0 Å². The lowest BCUT2D eigenvalue weighted by Gasteiger charge is -2.13. The number of carbonyl (C=O) groups excluding carboxylic acids is 1. The lowest BCUT2D eigenvalue weighted by Crippen LogP contribution is -2.25. The van der Waals surface area contributed by atoms with Gasteiger partial charge >= 0.3 is 0 Å². The molecule has 5 rings (SSSR count). The smallest absolute Gasteiger partial charge is 0.230 e. The van der Waals surface area contributed by atoms with Crippen LogP contribution in [0.25, 0.3) is 11.4 Å². The Balaban J connectivity index is 1.23. The largest absolute Gasteiger partial charge is 0.494 e. The van der Waals surface area contributed by atoms with E-state index in [9.17, 15) is 4.79 Å². The van der Waals surface area contributed by atoms with E-state index in [0.717, 1.165) is 58.4 Å². The molecule has 0 bridgehead atoms. The van der Waals surface area contributed by atoms with Crippen LogP contribution in [-0.2, 0) is 17.8 Å². The number of aromatic nitrogens is 4. The summed E-state index contributed by atoms with van der Waals surface area (Å²) >= 11 is 1.41. The number of fused-ring (bicyclic) bond motifs is 1. The SMILES string of the molecule is CCOc1cc2c(cc1CNC(=O)CSc1nnc(-c3ccncc3)n1C1CC1)O[C@@H](C)C2. The van der Waals surface area contributed by atoms with Crippen LogP contribution < -0.4 is 14.8 Å². The van der Waals surface area contributed by atoms with Gasteiger partial charge in [0.05, 0.1) is 12.4 Å². The van der Waals surface area contributed by atoms with Crippen molar-refractivity contribution >= 4 is 17.7 Å². The normalized spacial score (nSPS) is 16.8. The molecule has 1 aliphatic heterocycles. The summed E-state index contributed by atoms with van der Waals surface area (Å²) in [6.07, 6.45) is 6.76. The second-order valence-electron chi connectivity index (χ2n) is 8.34. The van der Waals surface area contributed by atoms with Crippen molar-refractivity contribution in [2.24, 2.45) is 0 Å². The fourth-order valence-electron chi connectivity index (χ4n) is 4.02. The van der Waals surface area contributed by atoms with Gasteiger partial charge in [-0.1, -0.05) is 11.8 Å². The fourth-order valence-corrected chi connectivity index (χ4v) is 4.86. The summed E-state index contributed by atoms with van der Waals surface area (Å²) in [5, 5.41) is 12.5. The predicted octanol–water partition coefficient (Wildman–Crippen LogP) is 3.81. The fraction of sp³-hybridized carbons (Fsp3) is 0.417. The first-order valence-corrected chi connectivity index (χ1v) is 12.3. The van der Waals surface area contributed by atoms with E-state index in [4.69, 9.17) is 9.47 Å². The monoisotopic (exact) mass is 465 g/mol. The van der Waals surface area contributed by atoms with Gasteiger partial charge < -0.3 is 14.8 Å². The maximum Gasteiger partial charge on any atom is 0.230 e. The Hall–Kier alpha value is -3.07. The second kappa shape index (κ2) is 9.43. The quantitative estimate of drug-likeness (QED) is 0.481. The Morgan fingerprint density at radius 3 is 2.85 bits per heavy atom. The maximum absolute atomic E-state index is 12.6. The molecule has 3 aromatic rings. The Morgan fingerprint density at radius 1 is 1.27 bits per heavy atom. The molecule has 1 aromatic carbocycles. The van der Waals surface area contributed by atoms with E-state index in [2.05, 4.69) is 32.0 Å². The minimum absolute atomic E-state index is 0.0620. The van der Waals surface area contributed by atoms with E-state index >= 15 is 0 Å². The molecule has 2 aromatic heterocycles. The van der Waals surface area contributed by atoms with Gasteiger partial charge in [-0.25, -0.2) is 0 Å². The zero-order chi connectivity index (χ0) is 22.8. The van der Waals surface area contributed by atoms with Crippen LogP contribution in [0.4, 0.5) is 0 Å². The molecular weight excluding hydrogens is 438 g/mol. The van der Waals surface area contributed by atoms with E-state index in [1.807, 2.05) is 31.2 Å². The zero-order valence-electron chi connectivity index (χ0n) is 18.8. The molecule has 33 heavy (non-hydrogen) atoms. The van der Waals surface area contributed by atoms with Crippen LogP contribution in [0.5, 0.6) is 11.5 Å². The molecule has 2 aliphatic rings. The number of thioether (sulfide) groups is 1. The number of pyridine rings is 1. The van der Waals surface area contributed by atoms with Gasteiger partial charge in [0.25, 0.3) is 0 Å². The molecule has 0 radical (unpaired) electrons. The number of nitrogens with one attached hydrogen (secondary N) is 1. The standard InChI is InChI=1S/C24H27N5O3S/c1-3-31-20-11-17-10-15(2)32-21(17)12-18(20)13-26-22(30)14-33-24-28-27-23(29(24)19-4-5-19)16-6-8-25-9-7-16/h6-9,11-12,15,19H,3-5,10,13-14H2,1-2H3,(H,26,30)/t15-/m0/s1. The van der Waals surface area contributed by atoms with Crippen molar-refractivity contribution in [1.29, 1.82) is 0 Å². The number of rotatable bonds is 9. The van der Waals surface area contributed by atoms with Crippen LogP contribution >= 0.6 is 11.8 Å². The number of ether oxygens (including phenoxy) is 2. The average Bonchev–Trinajstić information content (AvgIpc) is 3.46. The Bertz CT molecular complexity index is 1150. The van der Waals surface area contributed by atoms with Crippen molar-refractivity contribution in [3.8, 4) is 22.9 Å². The molecule has 1 saturated carbocycles. The lowest BCUT2D eigenvalue weighted by atomic mass is 10.1. The van der Waals surface area contributed by atoms with Gasteiger partial charge in [0.15, 0.2) is 11.0 Å². The van der Waals surface area contributed by atoms with Crippen molar-refractivity contribution in [3.63, 3.8) is 0 Å². The third-order valence-corrected chi connectivity index (χ3v) is 6.65. The summed E-state index contributed by atoms with van der Waals surface area (Å²) in [6.45, 7) is 4.97. The number of amides is 1. The molecule has 0 spiro atoms. The van der Waals surface area contributed by atoms with Crippen molar-refractivity contribution in [3.05, 3.63) is 47.8 Å². The molecule has 1 atom stereocenters. The van der Waals surface area contributed by atoms with Crippen LogP contribution in [-0.4, -0.2) is 44.1 Å². The molecular formula is C24H27N5O3S. The summed E-state index contributed by atoms with van der Waals surface area (Å²) in [5.41, 5.74) is 3.06. The predicted molar refractivity (Wildman–Crippen MR) is 125 cm³/mol. The minimum Gasteiger partial charge on any atom is -0.494 e. The topological polar surface area (TPSA) is 91.2 Å². The average molecular weight is 466 g/mol. The number of benzene rings is 1. The summed E-state index contributed by atoms with van der Waals surface area (Å²) < 4.78 is 13.8. The van der Waals surface area contributed by atoms with Gasteiger partial charge in [0.2, 0.25) is 5.91 Å². The van der Waals surface area contributed by atoms with Crippen molar-refractivity contribution in [2.45, 2.75) is 57.0 Å². The summed E-state index contributed by atoms with van der Waals surface area (Å²) in [5.74, 6) is 2.72. The second-order valence-corrected chi connectivity index (χ2v) is 9.28. The highest BCUT2D eigenvalue weighted by atomic mass is 32.2. The number of hydrogen-bond donors (Lipinski definition) is 1. The van der Waals surface area contributed by atoms with Gasteiger partial charge in [0, 0.05) is 48.1 Å². The van der Waals surface area contributed by atoms with Crippen LogP contribution in [0.15, 0.2) is 41.8 Å². The first-order chi connectivity index (χ1) is 16.1. The van der Waals surface area contributed by atoms with Crippen LogP contribution in [0.3, 0.4) is 0 Å². The summed E-state index contributed by atoms with van der Waals surface area (Å²) in [7, 11) is 0. The highest BCUT2D eigenvalue weighted by Gasteiger charge is 2.30. The Labute approximate surface area is 197 Å². The third-order valence-electron chi connectivity index (χ3n) is 5.70. The molecule has 0 saturated heterocycles. The van der Waals surface area contributed by atoms with Gasteiger partial charge in [-0.15, -0.1) is 10.2 Å². The third kappa shape index (κ3) is 4.83. The highest BCUT2D eigenvalue weighted by molar-refractivity contribution is 7.99. The highest BCUT2D eigenvalue weighted by Crippen LogP contribution is 2.41. The molecule has 1 amide bonds. The maximum atomic E-state index is 12.6. The first kappa shape index (κ1) is 21.8. The van der Waals surface area contributed by atoms with Crippen LogP contribution in [0.2, 0.25) is 0 Å². The Morgan fingerprint density at radius 2 is 2.09 bits per heavy atom. The summed E-state index contributed by atoms with van der Waals surface area (Å²) in [6, 6.07) is 8.29. The molecule has 1 fully saturated rings. The van der Waals surface area contributed by atoms with E-state index in [-0.39, 0.29) is 17.8 Å². The number of hydrogen-bond acceptors (Lipinski definition) is 7. The number of nitrogens with zero attached hydrogens (tertiary/aromatic N) is 4. The van der Waals surface area contributed by atoms with Crippen molar-refractivity contribution in [2.75, 3.05) is 12.4 Å². The first-order valence-electron chi connectivity index (χ1n) is 11.3. The molecule has 1 aliphatic carbocycles. The van der Waals surface area contributed by atoms with E-state index < -0.39 is 0 Å². The van der Waals surface area contributed by atoms with E-state index in [1.165, 1.54) is 11.8 Å². The van der Waals surface area contributed by atoms with Crippen LogP contribution in [0, 0.1) is 0 Å². The van der Waals surface area contributed by atoms with Gasteiger partial charge in [-0.3, -0.25) is 14.3 Å². The molecule has 0 unspecified atom stereocenters. The zero-order valence-corrected chi connectivity index (χ0v) is 19.6. The number of carbonyl (C=O) groups is 1. The van der Waals surface area contributed by atoms with E-state index in [0.29, 0.717) is 19.2 Å². The minimum atomic E-state index is -0.0620. The van der Waals surface area contributed by atoms with Crippen molar-refractivity contribution < 1.29 is 14.3 Å². The molecule has 172 valence electrons. The molecule has 3 heterocycles. The van der Waals surface area contributed by atoms with Crippen LogP contribution in [0.1, 0.15) is 43.9 Å². The van der Waals surface area contributed by atoms with Gasteiger partial charge in [-0.2, -0.15) is 0 Å². The summed E-state index contributed by atoms with van der Waals surface area (Å²) in [4.78, 5) is 16.7. The molecule has 8 nitrogen and oxygen atoms in total.